The highest BCUT2D eigenvalue weighted by Crippen LogP contribution is 2.32. The fourth-order valence-corrected chi connectivity index (χ4v) is 1.50. The van der Waals surface area contributed by atoms with E-state index in [9.17, 15) is 35.9 Å². The quantitative estimate of drug-likeness (QED) is 0.614. The van der Waals surface area contributed by atoms with Crippen LogP contribution in [0.1, 0.15) is 20.7 Å². The van der Waals surface area contributed by atoms with Gasteiger partial charge in [-0.3, -0.25) is 9.59 Å². The van der Waals surface area contributed by atoms with Crippen LogP contribution in [0, 0.1) is 0 Å². The lowest BCUT2D eigenvalue weighted by Crippen LogP contribution is -2.29. The van der Waals surface area contributed by atoms with Crippen molar-refractivity contribution >= 4 is 23.2 Å². The lowest BCUT2D eigenvalue weighted by Gasteiger charge is -2.12. The van der Waals surface area contributed by atoms with E-state index in [0.29, 0.717) is 6.07 Å². The van der Waals surface area contributed by atoms with Gasteiger partial charge in [0.15, 0.2) is 0 Å². The molecule has 9 heteroatoms. The van der Waals surface area contributed by atoms with Crippen molar-refractivity contribution in [1.82, 2.24) is 0 Å². The molecule has 0 aliphatic heterocycles. The molecular weight excluding hydrogens is 302 g/mol. The summed E-state index contributed by atoms with van der Waals surface area (Å²) in [7, 11) is 0. The van der Waals surface area contributed by atoms with Gasteiger partial charge in [-0.25, -0.2) is 0 Å². The molecule has 104 valence electrons. The molecule has 0 spiro atoms. The van der Waals surface area contributed by atoms with Crippen LogP contribution in [0.15, 0.2) is 18.2 Å². The number of carbonyl (C=O) groups excluding carboxylic acids is 2. The molecule has 2 nitrogen and oxygen atoms in total. The molecule has 0 aromatic heterocycles. The fourth-order valence-electron chi connectivity index (χ4n) is 1.24. The van der Waals surface area contributed by atoms with Gasteiger partial charge in [0.1, 0.15) is 0 Å². The highest BCUT2D eigenvalue weighted by molar-refractivity contribution is 6.35. The van der Waals surface area contributed by atoms with Crippen molar-refractivity contribution < 1.29 is 35.9 Å². The maximum Gasteiger partial charge on any atom is 0.454 e. The molecule has 19 heavy (non-hydrogen) atoms. The molecule has 0 saturated carbocycles. The van der Waals surface area contributed by atoms with Crippen LogP contribution in [0.2, 0.25) is 5.02 Å². The zero-order valence-electron chi connectivity index (χ0n) is 8.69. The maximum absolute atomic E-state index is 12.3. The Morgan fingerprint density at radius 3 is 1.79 bits per heavy atom. The van der Waals surface area contributed by atoms with Gasteiger partial charge in [0.05, 0.1) is 10.6 Å². The van der Waals surface area contributed by atoms with Crippen LogP contribution in [-0.2, 0) is 0 Å². The van der Waals surface area contributed by atoms with Crippen LogP contribution in [-0.4, -0.2) is 23.9 Å². The van der Waals surface area contributed by atoms with Crippen LogP contribution in [0.3, 0.4) is 0 Å². The second-order valence-electron chi connectivity index (χ2n) is 3.32. The molecule has 0 saturated heterocycles. The Bertz CT molecular complexity index is 532. The van der Waals surface area contributed by atoms with Gasteiger partial charge in [-0.05, 0) is 6.07 Å². The molecular formula is C10H3ClF6O2. The highest BCUT2D eigenvalue weighted by atomic mass is 35.5. The van der Waals surface area contributed by atoms with Crippen LogP contribution in [0.4, 0.5) is 26.3 Å². The number of carbonyl (C=O) groups is 2. The minimum absolute atomic E-state index is 0.459. The minimum Gasteiger partial charge on any atom is -0.284 e. The number of benzene rings is 1. The normalized spacial score (nSPS) is 12.4. The number of hydrogen-bond acceptors (Lipinski definition) is 2. The van der Waals surface area contributed by atoms with Crippen LogP contribution in [0.5, 0.6) is 0 Å². The molecule has 0 heterocycles. The van der Waals surface area contributed by atoms with Gasteiger partial charge in [-0.2, -0.15) is 26.3 Å². The maximum atomic E-state index is 12.3. The van der Waals surface area contributed by atoms with Crippen molar-refractivity contribution in [3.63, 3.8) is 0 Å². The molecule has 0 bridgehead atoms. The van der Waals surface area contributed by atoms with Gasteiger partial charge in [0, 0.05) is 5.56 Å². The summed E-state index contributed by atoms with van der Waals surface area (Å²) < 4.78 is 73.4. The molecule has 0 atom stereocenters. The number of hydrogen-bond donors (Lipinski definition) is 0. The van der Waals surface area contributed by atoms with Gasteiger partial charge < -0.3 is 0 Å². The molecule has 0 N–H and O–H groups in total. The van der Waals surface area contributed by atoms with E-state index < -0.39 is 40.1 Å². The summed E-state index contributed by atoms with van der Waals surface area (Å²) in [6, 6.07) is 2.09. The van der Waals surface area contributed by atoms with Crippen molar-refractivity contribution in [2.75, 3.05) is 0 Å². The molecule has 1 aromatic carbocycles. The molecule has 0 unspecified atom stereocenters. The second kappa shape index (κ2) is 4.84. The number of halogens is 7. The fraction of sp³-hybridized carbons (Fsp3) is 0.200. The number of Topliss-reactive ketones (excluding diaryl/α,β-unsaturated/α-hetero) is 2. The number of rotatable bonds is 2. The first-order valence-electron chi connectivity index (χ1n) is 4.48. The SMILES string of the molecule is O=C(c1cccc(Cl)c1C(=O)C(F)(F)F)C(F)(F)F. The summed E-state index contributed by atoms with van der Waals surface area (Å²) in [5, 5.41) is -0.877. The minimum atomic E-state index is -5.44. The highest BCUT2D eigenvalue weighted by Gasteiger charge is 2.46. The zero-order valence-corrected chi connectivity index (χ0v) is 9.45. The third-order valence-corrected chi connectivity index (χ3v) is 2.32. The largest absolute Gasteiger partial charge is 0.454 e. The first kappa shape index (κ1) is 15.5. The van der Waals surface area contributed by atoms with Crippen molar-refractivity contribution in [2.45, 2.75) is 12.4 Å². The van der Waals surface area contributed by atoms with Gasteiger partial charge in [-0.15, -0.1) is 0 Å². The standard InChI is InChI=1S/C10H3ClF6O2/c11-5-3-1-2-4(7(18)9(12,13)14)6(5)8(19)10(15,16)17/h1-3H. The van der Waals surface area contributed by atoms with Gasteiger partial charge in [-0.1, -0.05) is 23.7 Å². The lowest BCUT2D eigenvalue weighted by atomic mass is 9.99. The van der Waals surface area contributed by atoms with E-state index in [1.54, 1.807) is 0 Å². The van der Waals surface area contributed by atoms with Gasteiger partial charge >= 0.3 is 12.4 Å². The molecule has 0 aliphatic carbocycles. The first-order chi connectivity index (χ1) is 8.46. The molecule has 0 fully saturated rings. The molecule has 0 radical (unpaired) electrons. The summed E-state index contributed by atoms with van der Waals surface area (Å²) in [4.78, 5) is 22.0. The monoisotopic (exact) mass is 304 g/mol. The zero-order chi connectivity index (χ0) is 15.0. The average molecular weight is 305 g/mol. The first-order valence-corrected chi connectivity index (χ1v) is 4.85. The predicted molar refractivity (Wildman–Crippen MR) is 52.2 cm³/mol. The Morgan fingerprint density at radius 2 is 1.37 bits per heavy atom. The Kier molecular flexibility index (Phi) is 3.94. The van der Waals surface area contributed by atoms with Crippen molar-refractivity contribution in [3.05, 3.63) is 34.3 Å². The summed E-state index contributed by atoms with van der Waals surface area (Å²) in [6.07, 6.45) is -10.9. The third-order valence-electron chi connectivity index (χ3n) is 2.00. The van der Waals surface area contributed by atoms with E-state index in [1.807, 2.05) is 0 Å². The predicted octanol–water partition coefficient (Wildman–Crippen LogP) is 3.83. The Balaban J connectivity index is 3.49. The smallest absolute Gasteiger partial charge is 0.284 e. The molecule has 1 rings (SSSR count). The molecule has 0 aliphatic rings. The number of ketones is 2. The van der Waals surface area contributed by atoms with E-state index in [2.05, 4.69) is 0 Å². The Labute approximate surface area is 107 Å². The van der Waals surface area contributed by atoms with E-state index in [-0.39, 0.29) is 0 Å². The number of alkyl halides is 6. The lowest BCUT2D eigenvalue weighted by molar-refractivity contribution is -0.0908. The summed E-state index contributed by atoms with van der Waals surface area (Å²) in [5.74, 6) is -5.17. The summed E-state index contributed by atoms with van der Waals surface area (Å²) in [6.45, 7) is 0. The Hall–Kier alpha value is -1.57. The summed E-state index contributed by atoms with van der Waals surface area (Å²) >= 11 is 5.28. The second-order valence-corrected chi connectivity index (χ2v) is 3.72. The van der Waals surface area contributed by atoms with Gasteiger partial charge in [0.25, 0.3) is 11.6 Å². The third kappa shape index (κ3) is 3.25. The van der Waals surface area contributed by atoms with E-state index in [1.165, 1.54) is 0 Å². The Morgan fingerprint density at radius 1 is 0.895 bits per heavy atom. The van der Waals surface area contributed by atoms with Crippen LogP contribution in [0.25, 0.3) is 0 Å². The van der Waals surface area contributed by atoms with Crippen LogP contribution >= 0.6 is 11.6 Å². The molecule has 0 amide bonds. The van der Waals surface area contributed by atoms with E-state index >= 15 is 0 Å². The van der Waals surface area contributed by atoms with Crippen molar-refractivity contribution in [1.29, 1.82) is 0 Å². The topological polar surface area (TPSA) is 34.1 Å². The molecule has 1 aromatic rings. The van der Waals surface area contributed by atoms with Crippen LogP contribution < -0.4 is 0 Å². The summed E-state index contributed by atoms with van der Waals surface area (Å²) in [5.41, 5.74) is -2.93. The van der Waals surface area contributed by atoms with Gasteiger partial charge in [0.2, 0.25) is 0 Å². The van der Waals surface area contributed by atoms with E-state index in [4.69, 9.17) is 11.6 Å². The van der Waals surface area contributed by atoms with Crippen molar-refractivity contribution in [3.8, 4) is 0 Å². The van der Waals surface area contributed by atoms with Crippen molar-refractivity contribution in [2.24, 2.45) is 0 Å². The average Bonchev–Trinajstić information content (AvgIpc) is 2.24. The van der Waals surface area contributed by atoms with E-state index in [0.717, 1.165) is 12.1 Å².